The van der Waals surface area contributed by atoms with Gasteiger partial charge in [-0.1, -0.05) is 99.6 Å². The Hall–Kier alpha value is -2.21. The molecular weight excluding hydrogens is 700 g/mol. The van der Waals surface area contributed by atoms with Gasteiger partial charge >= 0.3 is 5.97 Å². The first-order valence-corrected chi connectivity index (χ1v) is 21.1. The van der Waals surface area contributed by atoms with Gasteiger partial charge in [-0.2, -0.15) is 0 Å². The van der Waals surface area contributed by atoms with Crippen molar-refractivity contribution in [3.63, 3.8) is 0 Å². The summed E-state index contributed by atoms with van der Waals surface area (Å²) in [6.45, 7) is 20.1. The Morgan fingerprint density at radius 2 is 1.36 bits per heavy atom. The number of fused-ring (bicyclic) bond motifs is 2. The molecule has 18 atom stereocenters. The number of ether oxygens (including phenoxy) is 3. The molecule has 10 heteroatoms. The number of aliphatic hydroxyl groups is 4. The molecule has 2 saturated heterocycles. The third kappa shape index (κ3) is 11.9. The predicted octanol–water partition coefficient (Wildman–Crippen LogP) is 6.77. The van der Waals surface area contributed by atoms with Gasteiger partial charge in [-0.25, -0.2) is 4.79 Å². The molecule has 2 fully saturated rings. The molecule has 0 aromatic rings. The lowest BCUT2D eigenvalue weighted by molar-refractivity contribution is -0.371. The smallest absolute Gasteiger partial charge is 0.330 e. The van der Waals surface area contributed by atoms with Crippen LogP contribution >= 0.6 is 0 Å². The van der Waals surface area contributed by atoms with Crippen molar-refractivity contribution < 1.29 is 49.0 Å². The van der Waals surface area contributed by atoms with Crippen molar-refractivity contribution in [3.05, 3.63) is 36.5 Å². The van der Waals surface area contributed by atoms with Crippen LogP contribution in [0.15, 0.2) is 36.5 Å². The molecule has 1 spiro atoms. The molecule has 4 N–H and O–H groups in total. The van der Waals surface area contributed by atoms with Gasteiger partial charge in [-0.15, -0.1) is 0 Å². The molecule has 0 aliphatic carbocycles. The highest BCUT2D eigenvalue weighted by Gasteiger charge is 2.56. The normalized spacial score (nSPS) is 44.3. The minimum absolute atomic E-state index is 0.144. The minimum Gasteiger partial charge on any atom is -0.458 e. The summed E-state index contributed by atoms with van der Waals surface area (Å²) in [5.74, 6) is -6.53. The Morgan fingerprint density at radius 1 is 0.764 bits per heavy atom. The number of ketones is 2. The summed E-state index contributed by atoms with van der Waals surface area (Å²) in [6.07, 6.45) is 11.1. The van der Waals surface area contributed by atoms with Crippen molar-refractivity contribution in [3.8, 4) is 0 Å². The van der Waals surface area contributed by atoms with Crippen LogP contribution in [0.2, 0.25) is 0 Å². The van der Waals surface area contributed by atoms with Crippen LogP contribution in [0.1, 0.15) is 121 Å². The average molecular weight is 775 g/mol. The van der Waals surface area contributed by atoms with Crippen LogP contribution in [0, 0.1) is 59.2 Å². The van der Waals surface area contributed by atoms with Crippen molar-refractivity contribution in [2.75, 3.05) is 0 Å². The molecule has 0 unspecified atom stereocenters. The zero-order valence-corrected chi connectivity index (χ0v) is 35.5. The van der Waals surface area contributed by atoms with Crippen LogP contribution < -0.4 is 0 Å². The molecule has 0 aromatic heterocycles. The molecule has 314 valence electrons. The first kappa shape index (κ1) is 47.2. The Morgan fingerprint density at radius 3 is 1.96 bits per heavy atom. The van der Waals surface area contributed by atoms with Gasteiger partial charge in [0.15, 0.2) is 5.79 Å². The zero-order chi connectivity index (χ0) is 41.4. The van der Waals surface area contributed by atoms with E-state index < -0.39 is 77.6 Å². The number of aliphatic hydroxyl groups excluding tert-OH is 4. The molecule has 3 aliphatic rings. The SMILES string of the molecule is CC[C@@H]1C=CC=CC[C@H](C)[C@@H](O)[C@@H](C)C(=O)[C@H](C)[C@@H](O)[C@H](C)C(=O)[C@H](C)[C@@H](O)[C@H](C)C=CC(=O)O[C@H]2[C@@H](C)[C@@H](CC1)O[C@@]1(CC[C@@H](C)[C@@H](C[C@H](C)O)O1)[C@@H]2C. The van der Waals surface area contributed by atoms with E-state index in [4.69, 9.17) is 14.2 Å². The molecule has 0 radical (unpaired) electrons. The minimum atomic E-state index is -1.30. The van der Waals surface area contributed by atoms with Crippen LogP contribution in [0.4, 0.5) is 0 Å². The van der Waals surface area contributed by atoms with Crippen LogP contribution in [0.5, 0.6) is 0 Å². The summed E-state index contributed by atoms with van der Waals surface area (Å²) < 4.78 is 20.0. The van der Waals surface area contributed by atoms with Crippen LogP contribution in [0.25, 0.3) is 0 Å². The maximum absolute atomic E-state index is 13.5. The van der Waals surface area contributed by atoms with Crippen molar-refractivity contribution >= 4 is 17.5 Å². The number of carbonyl (C=O) groups excluding carboxylic acids is 3. The second-order valence-electron chi connectivity index (χ2n) is 17.7. The molecule has 0 saturated carbocycles. The van der Waals surface area contributed by atoms with E-state index in [1.54, 1.807) is 47.6 Å². The molecule has 55 heavy (non-hydrogen) atoms. The van der Waals surface area contributed by atoms with Gasteiger partial charge in [0.1, 0.15) is 17.7 Å². The number of allylic oxidation sites excluding steroid dienone is 4. The number of esters is 1. The fourth-order valence-electron chi connectivity index (χ4n) is 8.95. The summed E-state index contributed by atoms with van der Waals surface area (Å²) in [5, 5.41) is 43.8. The molecule has 2 bridgehead atoms. The van der Waals surface area contributed by atoms with E-state index in [1.807, 2.05) is 32.1 Å². The second-order valence-corrected chi connectivity index (χ2v) is 17.7. The Kier molecular flexibility index (Phi) is 18.0. The summed E-state index contributed by atoms with van der Waals surface area (Å²) in [7, 11) is 0. The monoisotopic (exact) mass is 775 g/mol. The van der Waals surface area contributed by atoms with Crippen LogP contribution in [0.3, 0.4) is 0 Å². The number of Topliss-reactive ketones (excluding diaryl/α,β-unsaturated/α-hetero) is 2. The van der Waals surface area contributed by atoms with E-state index in [1.165, 1.54) is 6.08 Å². The van der Waals surface area contributed by atoms with Gasteiger partial charge in [-0.05, 0) is 63.2 Å². The lowest BCUT2D eigenvalue weighted by atomic mass is 9.74. The first-order chi connectivity index (χ1) is 25.8. The molecule has 0 aromatic carbocycles. The third-order valence-electron chi connectivity index (χ3n) is 13.4. The highest BCUT2D eigenvalue weighted by molar-refractivity contribution is 5.87. The Bertz CT molecular complexity index is 1340. The largest absolute Gasteiger partial charge is 0.458 e. The first-order valence-electron chi connectivity index (χ1n) is 21.1. The van der Waals surface area contributed by atoms with E-state index in [0.29, 0.717) is 19.3 Å². The number of hydrogen-bond acceptors (Lipinski definition) is 10. The third-order valence-corrected chi connectivity index (χ3v) is 13.4. The van der Waals surface area contributed by atoms with Crippen molar-refractivity contribution in [2.24, 2.45) is 59.2 Å². The topological polar surface area (TPSA) is 160 Å². The van der Waals surface area contributed by atoms with Gasteiger partial charge in [0.2, 0.25) is 0 Å². The fraction of sp³-hybridized carbons (Fsp3) is 0.800. The summed E-state index contributed by atoms with van der Waals surface area (Å²) in [4.78, 5) is 40.4. The highest BCUT2D eigenvalue weighted by atomic mass is 16.7. The Labute approximate surface area is 331 Å². The maximum atomic E-state index is 13.5. The van der Waals surface area contributed by atoms with E-state index >= 15 is 0 Å². The quantitative estimate of drug-likeness (QED) is 0.226. The van der Waals surface area contributed by atoms with Crippen molar-refractivity contribution in [1.29, 1.82) is 0 Å². The molecule has 0 amide bonds. The Balaban J connectivity index is 1.97. The van der Waals surface area contributed by atoms with Gasteiger partial charge in [-0.3, -0.25) is 9.59 Å². The van der Waals surface area contributed by atoms with Gasteiger partial charge < -0.3 is 34.6 Å². The standard InChI is InChI=1S/C45H74O10/c1-12-35-17-15-13-14-16-26(3)39(48)30(7)41(50)32(9)43(52)33(10)42(51)31(8)40(49)27(4)18-21-38(47)53-44-29(6)36(20-19-35)54-45(34(44)11)23-22-25(2)37(55-45)24-28(5)46/h13-15,17-18,21,25-37,39-40,43-44,46,48-49,52H,12,16,19-20,22-24H2,1-11H3/t25-,26+,27-,28+,29+,30-,31-,32+,33-,34-,35-,36-,37-,39-,40+,43-,44+,45-/m1/s1. The van der Waals surface area contributed by atoms with E-state index in [2.05, 4.69) is 26.8 Å². The van der Waals surface area contributed by atoms with Crippen LogP contribution in [-0.4, -0.2) is 86.5 Å². The fourth-order valence-corrected chi connectivity index (χ4v) is 8.95. The van der Waals surface area contributed by atoms with E-state index in [-0.39, 0.29) is 47.6 Å². The lowest BCUT2D eigenvalue weighted by Gasteiger charge is -2.55. The van der Waals surface area contributed by atoms with Crippen molar-refractivity contribution in [2.45, 2.75) is 170 Å². The summed E-state index contributed by atoms with van der Waals surface area (Å²) >= 11 is 0. The average Bonchev–Trinajstić information content (AvgIpc) is 3.16. The zero-order valence-electron chi connectivity index (χ0n) is 35.5. The summed E-state index contributed by atoms with van der Waals surface area (Å²) in [5.41, 5.74) is 0. The van der Waals surface area contributed by atoms with Gasteiger partial charge in [0, 0.05) is 53.9 Å². The number of rotatable bonds is 3. The lowest BCUT2D eigenvalue weighted by Crippen LogP contribution is -2.62. The molecular formula is C45H74O10. The van der Waals surface area contributed by atoms with Crippen LogP contribution in [-0.2, 0) is 28.6 Å². The number of carbonyl (C=O) groups is 3. The van der Waals surface area contributed by atoms with Gasteiger partial charge in [0.25, 0.3) is 0 Å². The molecule has 10 nitrogen and oxygen atoms in total. The molecule has 3 rings (SSSR count). The van der Waals surface area contributed by atoms with E-state index in [9.17, 15) is 34.8 Å². The molecule has 3 heterocycles. The van der Waals surface area contributed by atoms with Crippen molar-refractivity contribution in [1.82, 2.24) is 0 Å². The highest BCUT2D eigenvalue weighted by Crippen LogP contribution is 2.49. The summed E-state index contributed by atoms with van der Waals surface area (Å²) in [6, 6.07) is 0. The second kappa shape index (κ2) is 21.0. The number of hydrogen-bond donors (Lipinski definition) is 4. The van der Waals surface area contributed by atoms with E-state index in [0.717, 1.165) is 25.7 Å². The maximum Gasteiger partial charge on any atom is 0.330 e. The molecule has 3 aliphatic heterocycles. The predicted molar refractivity (Wildman–Crippen MR) is 213 cm³/mol. The van der Waals surface area contributed by atoms with Gasteiger partial charge in [0.05, 0.1) is 36.6 Å².